The molecule has 2 heterocycles. The molecule has 0 radical (unpaired) electrons. The van der Waals surface area contributed by atoms with Gasteiger partial charge in [0.05, 0.1) is 12.7 Å². The first kappa shape index (κ1) is 11.1. The SMILES string of the molecule is CNC1CCN(c2ncnc(OC)c2C)C1. The highest BCUT2D eigenvalue weighted by atomic mass is 16.5. The van der Waals surface area contributed by atoms with Crippen molar-refractivity contribution in [2.45, 2.75) is 19.4 Å². The summed E-state index contributed by atoms with van der Waals surface area (Å²) in [7, 11) is 3.64. The van der Waals surface area contributed by atoms with Crippen LogP contribution in [0, 0.1) is 6.92 Å². The normalized spacial score (nSPS) is 20.2. The van der Waals surface area contributed by atoms with Gasteiger partial charge in [0, 0.05) is 19.1 Å². The molecule has 1 aliphatic heterocycles. The van der Waals surface area contributed by atoms with Gasteiger partial charge in [-0.1, -0.05) is 0 Å². The van der Waals surface area contributed by atoms with E-state index < -0.39 is 0 Å². The van der Waals surface area contributed by atoms with Crippen LogP contribution in [0.25, 0.3) is 0 Å². The van der Waals surface area contributed by atoms with E-state index >= 15 is 0 Å². The maximum absolute atomic E-state index is 5.20. The molecular weight excluding hydrogens is 204 g/mol. The number of hydrogen-bond acceptors (Lipinski definition) is 5. The molecule has 0 bridgehead atoms. The van der Waals surface area contributed by atoms with Crippen LogP contribution < -0.4 is 15.0 Å². The van der Waals surface area contributed by atoms with Crippen LogP contribution in [0.1, 0.15) is 12.0 Å². The van der Waals surface area contributed by atoms with E-state index in [-0.39, 0.29) is 0 Å². The molecule has 1 unspecified atom stereocenters. The van der Waals surface area contributed by atoms with Crippen LogP contribution in [0.5, 0.6) is 5.88 Å². The van der Waals surface area contributed by atoms with Gasteiger partial charge in [0.2, 0.25) is 5.88 Å². The molecule has 1 aromatic rings. The zero-order chi connectivity index (χ0) is 11.5. The van der Waals surface area contributed by atoms with Crippen molar-refractivity contribution in [1.29, 1.82) is 0 Å². The largest absolute Gasteiger partial charge is 0.481 e. The number of methoxy groups -OCH3 is 1. The van der Waals surface area contributed by atoms with Gasteiger partial charge in [0.15, 0.2) is 0 Å². The van der Waals surface area contributed by atoms with Crippen molar-refractivity contribution in [3.05, 3.63) is 11.9 Å². The molecule has 1 N–H and O–H groups in total. The maximum Gasteiger partial charge on any atom is 0.221 e. The Labute approximate surface area is 95.8 Å². The van der Waals surface area contributed by atoms with E-state index in [1.54, 1.807) is 13.4 Å². The van der Waals surface area contributed by atoms with Crippen LogP contribution in [0.3, 0.4) is 0 Å². The molecule has 2 rings (SSSR count). The number of likely N-dealkylation sites (N-methyl/N-ethyl adjacent to an activating group) is 1. The first-order valence-electron chi connectivity index (χ1n) is 5.54. The van der Waals surface area contributed by atoms with Gasteiger partial charge in [-0.2, -0.15) is 0 Å². The predicted molar refractivity (Wildman–Crippen MR) is 63.0 cm³/mol. The zero-order valence-corrected chi connectivity index (χ0v) is 10.0. The lowest BCUT2D eigenvalue weighted by molar-refractivity contribution is 0.393. The fraction of sp³-hybridized carbons (Fsp3) is 0.636. The van der Waals surface area contributed by atoms with Gasteiger partial charge >= 0.3 is 0 Å². The van der Waals surface area contributed by atoms with Crippen molar-refractivity contribution in [3.8, 4) is 5.88 Å². The number of nitrogens with zero attached hydrogens (tertiary/aromatic N) is 3. The Morgan fingerprint density at radius 2 is 2.31 bits per heavy atom. The zero-order valence-electron chi connectivity index (χ0n) is 10.0. The number of aromatic nitrogens is 2. The quantitative estimate of drug-likeness (QED) is 0.811. The first-order valence-corrected chi connectivity index (χ1v) is 5.54. The van der Waals surface area contributed by atoms with E-state index in [1.165, 1.54) is 0 Å². The van der Waals surface area contributed by atoms with E-state index in [2.05, 4.69) is 20.2 Å². The minimum Gasteiger partial charge on any atom is -0.481 e. The number of ether oxygens (including phenoxy) is 1. The summed E-state index contributed by atoms with van der Waals surface area (Å²) in [5, 5.41) is 3.30. The molecule has 0 saturated carbocycles. The molecule has 0 aliphatic carbocycles. The molecule has 1 atom stereocenters. The third kappa shape index (κ3) is 1.95. The van der Waals surface area contributed by atoms with Crippen LogP contribution in [0.2, 0.25) is 0 Å². The van der Waals surface area contributed by atoms with Crippen molar-refractivity contribution in [2.24, 2.45) is 0 Å². The second kappa shape index (κ2) is 4.65. The molecule has 0 amide bonds. The van der Waals surface area contributed by atoms with E-state index in [4.69, 9.17) is 4.74 Å². The second-order valence-corrected chi connectivity index (χ2v) is 4.05. The third-order valence-corrected chi connectivity index (χ3v) is 3.10. The molecule has 1 fully saturated rings. The minimum atomic E-state index is 0.556. The Morgan fingerprint density at radius 3 is 2.94 bits per heavy atom. The Hall–Kier alpha value is -1.36. The van der Waals surface area contributed by atoms with Crippen molar-refractivity contribution >= 4 is 5.82 Å². The summed E-state index contributed by atoms with van der Waals surface area (Å²) in [5.41, 5.74) is 1.02. The monoisotopic (exact) mass is 222 g/mol. The third-order valence-electron chi connectivity index (χ3n) is 3.10. The summed E-state index contributed by atoms with van der Waals surface area (Å²) >= 11 is 0. The summed E-state index contributed by atoms with van der Waals surface area (Å²) in [5.74, 6) is 1.66. The Morgan fingerprint density at radius 1 is 1.50 bits per heavy atom. The molecule has 88 valence electrons. The molecule has 1 saturated heterocycles. The summed E-state index contributed by atoms with van der Waals surface area (Å²) in [6.45, 7) is 4.03. The molecule has 5 heteroatoms. The van der Waals surface area contributed by atoms with Gasteiger partial charge in [0.1, 0.15) is 12.1 Å². The predicted octanol–water partition coefficient (Wildman–Crippen LogP) is 0.592. The summed E-state index contributed by atoms with van der Waals surface area (Å²) in [6.07, 6.45) is 2.72. The minimum absolute atomic E-state index is 0.556. The second-order valence-electron chi connectivity index (χ2n) is 4.05. The van der Waals surface area contributed by atoms with Crippen molar-refractivity contribution in [3.63, 3.8) is 0 Å². The van der Waals surface area contributed by atoms with E-state index in [1.807, 2.05) is 14.0 Å². The molecule has 1 aromatic heterocycles. The van der Waals surface area contributed by atoms with Crippen LogP contribution in [-0.4, -0.2) is 43.3 Å². The van der Waals surface area contributed by atoms with Crippen LogP contribution >= 0.6 is 0 Å². The van der Waals surface area contributed by atoms with Gasteiger partial charge in [-0.05, 0) is 20.4 Å². The van der Waals surface area contributed by atoms with Crippen molar-refractivity contribution in [2.75, 3.05) is 32.1 Å². The molecule has 0 aromatic carbocycles. The van der Waals surface area contributed by atoms with Crippen LogP contribution in [0.15, 0.2) is 6.33 Å². The van der Waals surface area contributed by atoms with E-state index in [0.717, 1.165) is 30.9 Å². The summed E-state index contributed by atoms with van der Waals surface area (Å²) in [6, 6.07) is 0.556. The summed E-state index contributed by atoms with van der Waals surface area (Å²) in [4.78, 5) is 10.7. The topological polar surface area (TPSA) is 50.3 Å². The molecule has 5 nitrogen and oxygen atoms in total. The van der Waals surface area contributed by atoms with Gasteiger partial charge in [-0.25, -0.2) is 9.97 Å². The summed E-state index contributed by atoms with van der Waals surface area (Å²) < 4.78 is 5.20. The smallest absolute Gasteiger partial charge is 0.221 e. The van der Waals surface area contributed by atoms with Crippen LogP contribution in [0.4, 0.5) is 5.82 Å². The lowest BCUT2D eigenvalue weighted by atomic mass is 10.3. The lowest BCUT2D eigenvalue weighted by Gasteiger charge is -2.19. The Bertz CT molecular complexity index is 369. The highest BCUT2D eigenvalue weighted by Crippen LogP contribution is 2.26. The van der Waals surface area contributed by atoms with Gasteiger partial charge in [-0.15, -0.1) is 0 Å². The average molecular weight is 222 g/mol. The fourth-order valence-corrected chi connectivity index (χ4v) is 2.14. The van der Waals surface area contributed by atoms with Gasteiger partial charge in [0.25, 0.3) is 0 Å². The van der Waals surface area contributed by atoms with Crippen LogP contribution in [-0.2, 0) is 0 Å². The van der Waals surface area contributed by atoms with Crippen molar-refractivity contribution in [1.82, 2.24) is 15.3 Å². The number of rotatable bonds is 3. The standard InChI is InChI=1S/C11H18N4O/c1-8-10(13-7-14-11(8)16-3)15-5-4-9(6-15)12-2/h7,9,12H,4-6H2,1-3H3. The highest BCUT2D eigenvalue weighted by molar-refractivity contribution is 5.51. The number of hydrogen-bond donors (Lipinski definition) is 1. The molecule has 1 aliphatic rings. The Kier molecular flexibility index (Phi) is 3.24. The average Bonchev–Trinajstić information content (AvgIpc) is 2.78. The van der Waals surface area contributed by atoms with Gasteiger partial charge in [-0.3, -0.25) is 0 Å². The lowest BCUT2D eigenvalue weighted by Crippen LogP contribution is -2.30. The first-order chi connectivity index (χ1) is 7.76. The van der Waals surface area contributed by atoms with Gasteiger partial charge < -0.3 is 15.0 Å². The number of anilines is 1. The molecule has 0 spiro atoms. The fourth-order valence-electron chi connectivity index (χ4n) is 2.14. The number of nitrogens with one attached hydrogen (secondary N) is 1. The molecule has 16 heavy (non-hydrogen) atoms. The Balaban J connectivity index is 2.21. The van der Waals surface area contributed by atoms with Crippen molar-refractivity contribution < 1.29 is 4.74 Å². The maximum atomic E-state index is 5.20. The van der Waals surface area contributed by atoms with E-state index in [0.29, 0.717) is 11.9 Å². The highest BCUT2D eigenvalue weighted by Gasteiger charge is 2.24. The van der Waals surface area contributed by atoms with E-state index in [9.17, 15) is 0 Å². The molecular formula is C11H18N4O.